The third kappa shape index (κ3) is 8.36. The smallest absolute Gasteiger partial charge is 0.456 e. The second-order valence-electron chi connectivity index (χ2n) is 18.4. The lowest BCUT2D eigenvalue weighted by Gasteiger charge is -2.19. The van der Waals surface area contributed by atoms with E-state index in [0.29, 0.717) is 0 Å². The standard InChI is InChI=1S/C40H24O.C20H13BO3.C20H13Br/c1-2-13-26(14-3-1)37-30-18-8-10-20-32(30)38(33-21-11-9-19-31(33)37)34-24-36-40(29-17-7-6-16-28(29)34)39-27-15-5-4-12-25(27)22-23-35(39)41-36;22-21(23)16-11-18-20(15-8-4-3-7-14(15)16)19-13-6-2-1-5-12(13)9-10-17(19)24-18;21-20-17-12-6-4-10-15(17)19(14-8-2-1-3-9-14)16-11-5-7-13-18(16)20/h1-24H;1-11,22-23H;1-13H/i1D,2D,3D,4D,5D,6D,7D,8D,9D,10D,11D,12D,13D,14D,15D,16D,17D,18D,19D,20D,21D,22D,23D,24D;1D,2D,3D,4D,5D,6D,7D,8D,9D,10D,11D;1D,2D,3D,4D,5D,6D,7D,8D,9D,10D,11D,12D,13D. The third-order valence-corrected chi connectivity index (χ3v) is 14.7. The number of benzene rings is 16. The third-order valence-electron chi connectivity index (χ3n) is 13.9. The van der Waals surface area contributed by atoms with Crippen LogP contribution in [-0.4, -0.2) is 17.2 Å². The minimum atomic E-state index is -2.32. The average molecular weight is 1210 g/mol. The normalized spacial score (nSPS) is 19.5. The van der Waals surface area contributed by atoms with E-state index in [2.05, 4.69) is 15.9 Å². The van der Waals surface area contributed by atoms with Crippen molar-refractivity contribution in [3.8, 4) is 33.4 Å². The quantitative estimate of drug-likeness (QED) is 0.136. The first-order valence-electron chi connectivity index (χ1n) is 49.1. The van der Waals surface area contributed by atoms with Crippen LogP contribution < -0.4 is 5.46 Å². The van der Waals surface area contributed by atoms with Crippen LogP contribution in [0.4, 0.5) is 0 Å². The van der Waals surface area contributed by atoms with Crippen molar-refractivity contribution in [1.82, 2.24) is 0 Å². The summed E-state index contributed by atoms with van der Waals surface area (Å²) in [5.74, 6) is 0. The molecule has 0 unspecified atom stereocenters. The van der Waals surface area contributed by atoms with Crippen molar-refractivity contribution in [2.45, 2.75) is 0 Å². The molecule has 86 heavy (non-hydrogen) atoms. The largest absolute Gasteiger partial charge is 0.489 e. The molecule has 6 heteroatoms. The van der Waals surface area contributed by atoms with Gasteiger partial charge in [-0.3, -0.25) is 0 Å². The minimum Gasteiger partial charge on any atom is -0.456 e. The van der Waals surface area contributed by atoms with Crippen LogP contribution in [0.25, 0.3) is 163 Å². The van der Waals surface area contributed by atoms with E-state index in [9.17, 15) is 19.6 Å². The maximum Gasteiger partial charge on any atom is 0.489 e. The van der Waals surface area contributed by atoms with E-state index >= 15 is 0 Å². The summed E-state index contributed by atoms with van der Waals surface area (Å²) in [7, 11) is -2.32. The van der Waals surface area contributed by atoms with E-state index in [1.807, 2.05) is 0 Å². The summed E-state index contributed by atoms with van der Waals surface area (Å²) in [6.45, 7) is 0. The fraction of sp³-hybridized carbons (Fsp3) is 0. The number of hydrogen-bond acceptors (Lipinski definition) is 4. The van der Waals surface area contributed by atoms with Gasteiger partial charge in [-0.15, -0.1) is 0 Å². The van der Waals surface area contributed by atoms with Crippen molar-refractivity contribution in [2.75, 3.05) is 0 Å². The molecule has 4 nitrogen and oxygen atoms in total. The molecule has 0 aliphatic carbocycles. The maximum absolute atomic E-state index is 10.0. The van der Waals surface area contributed by atoms with Crippen molar-refractivity contribution >= 4 is 159 Å². The molecule has 2 N–H and O–H groups in total. The van der Waals surface area contributed by atoms with Gasteiger partial charge in [0, 0.05) is 26.0 Å². The molecule has 0 bridgehead atoms. The molecule has 0 saturated carbocycles. The fourth-order valence-electron chi connectivity index (χ4n) is 10.4. The Morgan fingerprint density at radius 1 is 0.279 bits per heavy atom. The summed E-state index contributed by atoms with van der Waals surface area (Å²) in [5.41, 5.74) is -5.83. The fourth-order valence-corrected chi connectivity index (χ4v) is 11.0. The van der Waals surface area contributed by atoms with Crippen molar-refractivity contribution in [2.24, 2.45) is 0 Å². The lowest BCUT2D eigenvalue weighted by Crippen LogP contribution is -2.30. The van der Waals surface area contributed by atoms with E-state index in [0.717, 1.165) is 0 Å². The van der Waals surface area contributed by atoms with Crippen molar-refractivity contribution < 1.29 is 84.7 Å². The molecule has 0 amide bonds. The van der Waals surface area contributed by atoms with Gasteiger partial charge in [0.2, 0.25) is 0 Å². The Morgan fingerprint density at radius 2 is 0.593 bits per heavy atom. The van der Waals surface area contributed by atoms with Gasteiger partial charge in [-0.1, -0.05) is 266 Å². The summed E-state index contributed by atoms with van der Waals surface area (Å²) in [6.07, 6.45) is 0. The molecule has 404 valence electrons. The van der Waals surface area contributed by atoms with Crippen LogP contribution in [0.2, 0.25) is 0 Å². The second kappa shape index (κ2) is 21.1. The van der Waals surface area contributed by atoms with Crippen molar-refractivity contribution in [3.63, 3.8) is 0 Å². The van der Waals surface area contributed by atoms with Gasteiger partial charge in [0.25, 0.3) is 0 Å². The van der Waals surface area contributed by atoms with Gasteiger partial charge in [-0.25, -0.2) is 0 Å². The molecule has 0 atom stereocenters. The molecule has 0 radical (unpaired) electrons. The number of furan rings is 2. The molecule has 0 spiro atoms. The first-order chi connectivity index (χ1) is 62.4. The van der Waals surface area contributed by atoms with Gasteiger partial charge < -0.3 is 18.9 Å². The van der Waals surface area contributed by atoms with Crippen LogP contribution in [0, 0.1) is 0 Å². The molecular weight excluding hydrogens is 1120 g/mol. The molecular formula is C80H50BBrO4. The van der Waals surface area contributed by atoms with Crippen LogP contribution in [-0.2, 0) is 0 Å². The molecule has 0 aliphatic heterocycles. The first kappa shape index (κ1) is 21.9. The maximum atomic E-state index is 10.0. The zero-order valence-corrected chi connectivity index (χ0v) is 44.3. The predicted molar refractivity (Wildman–Crippen MR) is 368 cm³/mol. The van der Waals surface area contributed by atoms with Crippen molar-refractivity contribution in [1.29, 1.82) is 0 Å². The van der Waals surface area contributed by atoms with Crippen LogP contribution in [0.5, 0.6) is 0 Å². The molecule has 0 fully saturated rings. The van der Waals surface area contributed by atoms with Crippen LogP contribution >= 0.6 is 15.9 Å². The Labute approximate surface area is 570 Å². The number of fused-ring (bicyclic) bond motifs is 18. The lowest BCUT2D eigenvalue weighted by atomic mass is 9.76. The SMILES string of the molecule is [2H]c1c([2H])c([2H])c(-c2c3c([2H])c([2H])c([2H])c([2H])c3c(-c3c([2H])c4oc5c([2H])c([2H])c6c([2H])c([2H])c([2H])c([2H])c6c5c4c4c([2H])c([2H])c([2H])c([2H])c34)c3c([2H])c([2H])c([2H])c([2H])c23)c([2H])c1[2H].[2H]c1c([2H])c([2H])c(-c2c3c([2H])c([2H])c([2H])c([2H])c3c(Br)c3c([2H])c([2H])c([2H])c([2H])c23)c([2H])c1[2H].[2H]c1c([2H])c([2H])c2c(c1[2H])c([2H])c([2H])c1oc3c([2H])c(B(O)O)c4c([2H])c([2H])c([2H])c([2H])c4c3c12. The first-order valence-corrected chi connectivity index (χ1v) is 25.9. The predicted octanol–water partition coefficient (Wildman–Crippen LogP) is 21.5. The van der Waals surface area contributed by atoms with Crippen LogP contribution in [0.15, 0.2) is 303 Å². The minimum absolute atomic E-state index is 0.0207. The molecule has 16 aromatic carbocycles. The Balaban J connectivity index is 0.000000160. The van der Waals surface area contributed by atoms with Gasteiger partial charge in [0.05, 0.1) is 65.8 Å². The highest BCUT2D eigenvalue weighted by Crippen LogP contribution is 2.49. The number of hydrogen-bond donors (Lipinski definition) is 2. The molecule has 2 aromatic heterocycles. The zero-order chi connectivity index (χ0) is 99.2. The summed E-state index contributed by atoms with van der Waals surface area (Å²) >= 11 is 3.26. The van der Waals surface area contributed by atoms with E-state index in [-0.39, 0.29) is 85.8 Å². The number of halogens is 1. The Morgan fingerprint density at radius 3 is 1.03 bits per heavy atom. The summed E-state index contributed by atoms with van der Waals surface area (Å²) in [4.78, 5) is 0. The van der Waals surface area contributed by atoms with E-state index < -0.39 is 385 Å². The average Bonchev–Trinajstić information content (AvgIpc) is 1.43. The van der Waals surface area contributed by atoms with Gasteiger partial charge in [0.1, 0.15) is 22.3 Å². The Kier molecular flexibility index (Phi) is 5.38. The summed E-state index contributed by atoms with van der Waals surface area (Å²) < 4.78 is 424. The Bertz CT molecular complexity index is 8490. The molecule has 0 aliphatic rings. The van der Waals surface area contributed by atoms with Gasteiger partial charge in [-0.05, 0) is 165 Å². The van der Waals surface area contributed by atoms with E-state index in [1.165, 1.54) is 0 Å². The van der Waals surface area contributed by atoms with Crippen LogP contribution in [0.3, 0.4) is 0 Å². The molecule has 2 heterocycles. The summed E-state index contributed by atoms with van der Waals surface area (Å²) in [5, 5.41) is 12.5. The van der Waals surface area contributed by atoms with Crippen molar-refractivity contribution in [3.05, 3.63) is 295 Å². The molecule has 0 saturated heterocycles. The lowest BCUT2D eigenvalue weighted by molar-refractivity contribution is 0.426. The van der Waals surface area contributed by atoms with Gasteiger partial charge in [-0.2, -0.15) is 0 Å². The highest BCUT2D eigenvalue weighted by atomic mass is 79.9. The van der Waals surface area contributed by atoms with E-state index in [1.54, 1.807) is 0 Å². The topological polar surface area (TPSA) is 66.7 Å². The summed E-state index contributed by atoms with van der Waals surface area (Å²) in [6, 6.07) is -35.6. The highest BCUT2D eigenvalue weighted by Gasteiger charge is 2.24. The number of rotatable bonds is 4. The van der Waals surface area contributed by atoms with E-state index in [4.69, 9.17) is 65.0 Å². The Hall–Kier alpha value is -10.3. The van der Waals surface area contributed by atoms with Gasteiger partial charge >= 0.3 is 7.12 Å². The molecule has 18 rings (SSSR count). The second-order valence-corrected chi connectivity index (χ2v) is 19.2. The monoisotopic (exact) mass is 1210 g/mol. The highest BCUT2D eigenvalue weighted by molar-refractivity contribution is 9.10. The van der Waals surface area contributed by atoms with Gasteiger partial charge in [0.15, 0.2) is 0 Å². The zero-order valence-electron chi connectivity index (χ0n) is 90.7. The van der Waals surface area contributed by atoms with Crippen LogP contribution in [0.1, 0.15) is 65.8 Å². The molecule has 18 aromatic rings.